The molecule has 0 radical (unpaired) electrons. The molecule has 6 nitrogen and oxygen atoms in total. The van der Waals surface area contributed by atoms with Gasteiger partial charge in [0.1, 0.15) is 17.1 Å². The first-order valence-corrected chi connectivity index (χ1v) is 8.50. The van der Waals surface area contributed by atoms with E-state index in [0.29, 0.717) is 17.1 Å². The van der Waals surface area contributed by atoms with Crippen LogP contribution in [-0.2, 0) is 4.74 Å². The lowest BCUT2D eigenvalue weighted by molar-refractivity contribution is 0.0316. The van der Waals surface area contributed by atoms with Crippen molar-refractivity contribution < 1.29 is 23.8 Å². The number of aryl methyl sites for hydroxylation is 1. The molecule has 27 heavy (non-hydrogen) atoms. The number of esters is 1. The minimum Gasteiger partial charge on any atom is -0.497 e. The van der Waals surface area contributed by atoms with Crippen LogP contribution < -0.4 is 9.47 Å². The fourth-order valence-corrected chi connectivity index (χ4v) is 3.04. The van der Waals surface area contributed by atoms with E-state index in [0.717, 1.165) is 16.6 Å². The van der Waals surface area contributed by atoms with Crippen molar-refractivity contribution in [2.45, 2.75) is 20.0 Å². The van der Waals surface area contributed by atoms with Crippen LogP contribution in [0.5, 0.6) is 11.5 Å². The average molecular weight is 367 g/mol. The maximum atomic E-state index is 12.9. The Balaban J connectivity index is 1.84. The van der Waals surface area contributed by atoms with E-state index in [4.69, 9.17) is 14.2 Å². The summed E-state index contributed by atoms with van der Waals surface area (Å²) in [6.07, 6.45) is -0.942. The van der Waals surface area contributed by atoms with E-state index in [1.807, 2.05) is 31.2 Å². The molecule has 3 aromatic rings. The Morgan fingerprint density at radius 3 is 2.48 bits per heavy atom. The van der Waals surface area contributed by atoms with Gasteiger partial charge in [-0.05, 0) is 32.0 Å². The predicted molar refractivity (Wildman–Crippen MR) is 102 cm³/mol. The van der Waals surface area contributed by atoms with Gasteiger partial charge in [-0.15, -0.1) is 0 Å². The lowest BCUT2D eigenvalue weighted by atomic mass is 10.0. The molecule has 1 heterocycles. The van der Waals surface area contributed by atoms with Gasteiger partial charge in [0, 0.05) is 28.2 Å². The average Bonchev–Trinajstić information content (AvgIpc) is 3.02. The number of ketones is 1. The number of nitrogens with one attached hydrogen (secondary N) is 1. The molecule has 1 N–H and O–H groups in total. The summed E-state index contributed by atoms with van der Waals surface area (Å²) in [6.45, 7) is 3.39. The number of methoxy groups -OCH3 is 2. The molecule has 0 saturated heterocycles. The molecule has 0 aliphatic rings. The second-order valence-electron chi connectivity index (χ2n) is 6.15. The van der Waals surface area contributed by atoms with Gasteiger partial charge in [-0.2, -0.15) is 0 Å². The number of rotatable bonds is 6. The second kappa shape index (κ2) is 7.53. The molecule has 1 aromatic heterocycles. The van der Waals surface area contributed by atoms with Gasteiger partial charge >= 0.3 is 5.97 Å². The van der Waals surface area contributed by atoms with Crippen LogP contribution in [0, 0.1) is 6.92 Å². The third kappa shape index (κ3) is 3.51. The molecule has 0 bridgehead atoms. The third-order valence-electron chi connectivity index (χ3n) is 4.42. The highest BCUT2D eigenvalue weighted by Gasteiger charge is 2.26. The van der Waals surface area contributed by atoms with E-state index < -0.39 is 12.1 Å². The Bertz CT molecular complexity index is 1000. The largest absolute Gasteiger partial charge is 0.497 e. The van der Waals surface area contributed by atoms with Crippen LogP contribution in [0.25, 0.3) is 10.9 Å². The first kappa shape index (κ1) is 18.5. The molecule has 3 rings (SSSR count). The van der Waals surface area contributed by atoms with E-state index in [2.05, 4.69) is 4.98 Å². The number of hydrogen-bond donors (Lipinski definition) is 1. The quantitative estimate of drug-likeness (QED) is 0.528. The van der Waals surface area contributed by atoms with Crippen LogP contribution in [0.15, 0.2) is 42.5 Å². The highest BCUT2D eigenvalue weighted by Crippen LogP contribution is 2.27. The van der Waals surface area contributed by atoms with Gasteiger partial charge in [-0.1, -0.05) is 18.2 Å². The van der Waals surface area contributed by atoms with Gasteiger partial charge in [0.2, 0.25) is 5.78 Å². The summed E-state index contributed by atoms with van der Waals surface area (Å²) in [6, 6.07) is 12.3. The molecule has 0 fully saturated rings. The Kier molecular flexibility index (Phi) is 5.16. The summed E-state index contributed by atoms with van der Waals surface area (Å²) < 4.78 is 15.8. The van der Waals surface area contributed by atoms with E-state index in [-0.39, 0.29) is 11.3 Å². The van der Waals surface area contributed by atoms with Crippen molar-refractivity contribution in [2.24, 2.45) is 0 Å². The van der Waals surface area contributed by atoms with E-state index >= 15 is 0 Å². The number of ether oxygens (including phenoxy) is 3. The molecule has 6 heteroatoms. The molecule has 2 aromatic carbocycles. The van der Waals surface area contributed by atoms with Gasteiger partial charge in [-0.25, -0.2) is 4.79 Å². The van der Waals surface area contributed by atoms with Crippen LogP contribution in [0.4, 0.5) is 0 Å². The van der Waals surface area contributed by atoms with Gasteiger partial charge < -0.3 is 19.2 Å². The lowest BCUT2D eigenvalue weighted by Crippen LogP contribution is -2.25. The summed E-state index contributed by atoms with van der Waals surface area (Å²) >= 11 is 0. The normalized spacial score (nSPS) is 11.9. The molecule has 0 saturated carbocycles. The smallest absolute Gasteiger partial charge is 0.342 e. The standard InChI is InChI=1S/C21H21NO5/c1-12-19(15-7-5-6-8-17(15)22-12)20(23)13(2)27-21(24)16-10-9-14(25-3)11-18(16)26-4/h5-11,13,22H,1-4H3/t13-/m1/s1. The number of Topliss-reactive ketones (excluding diaryl/α,β-unsaturated/α-hetero) is 1. The van der Waals surface area contributed by atoms with Crippen molar-refractivity contribution in [3.05, 3.63) is 59.3 Å². The fourth-order valence-electron chi connectivity index (χ4n) is 3.04. The van der Waals surface area contributed by atoms with Crippen molar-refractivity contribution in [3.8, 4) is 11.5 Å². The Hall–Kier alpha value is -3.28. The molecular formula is C21H21NO5. The SMILES string of the molecule is COc1ccc(C(=O)O[C@H](C)C(=O)c2c(C)[nH]c3ccccc23)c(OC)c1. The molecule has 0 unspecified atom stereocenters. The fraction of sp³-hybridized carbons (Fsp3) is 0.238. The summed E-state index contributed by atoms with van der Waals surface area (Å²) in [5.74, 6) is -0.0113. The molecular weight excluding hydrogens is 346 g/mol. The second-order valence-corrected chi connectivity index (χ2v) is 6.15. The Morgan fingerprint density at radius 1 is 1.04 bits per heavy atom. The number of hydrogen-bond acceptors (Lipinski definition) is 5. The maximum absolute atomic E-state index is 12.9. The zero-order chi connectivity index (χ0) is 19.6. The van der Waals surface area contributed by atoms with Crippen molar-refractivity contribution >= 4 is 22.7 Å². The van der Waals surface area contributed by atoms with Crippen molar-refractivity contribution in [3.63, 3.8) is 0 Å². The summed E-state index contributed by atoms with van der Waals surface area (Å²) in [7, 11) is 2.98. The van der Waals surface area contributed by atoms with Crippen LogP contribution in [0.1, 0.15) is 33.3 Å². The Morgan fingerprint density at radius 2 is 1.78 bits per heavy atom. The predicted octanol–water partition coefficient (Wildman–Crippen LogP) is 3.92. The van der Waals surface area contributed by atoms with Crippen molar-refractivity contribution in [2.75, 3.05) is 14.2 Å². The van der Waals surface area contributed by atoms with E-state index in [1.54, 1.807) is 25.1 Å². The van der Waals surface area contributed by atoms with E-state index in [1.165, 1.54) is 14.2 Å². The van der Waals surface area contributed by atoms with Crippen molar-refractivity contribution in [1.29, 1.82) is 0 Å². The molecule has 0 aliphatic carbocycles. The minimum atomic E-state index is -0.942. The zero-order valence-corrected chi connectivity index (χ0v) is 15.7. The topological polar surface area (TPSA) is 77.6 Å². The highest BCUT2D eigenvalue weighted by atomic mass is 16.5. The first-order chi connectivity index (χ1) is 13.0. The summed E-state index contributed by atoms with van der Waals surface area (Å²) in [5, 5.41) is 0.810. The molecule has 0 spiro atoms. The van der Waals surface area contributed by atoms with Gasteiger partial charge in [0.25, 0.3) is 0 Å². The zero-order valence-electron chi connectivity index (χ0n) is 15.7. The first-order valence-electron chi connectivity index (χ1n) is 8.50. The number of carbonyl (C=O) groups is 2. The monoisotopic (exact) mass is 367 g/mol. The maximum Gasteiger partial charge on any atom is 0.342 e. The van der Waals surface area contributed by atoms with Crippen LogP contribution >= 0.6 is 0 Å². The number of carbonyl (C=O) groups excluding carboxylic acids is 2. The van der Waals surface area contributed by atoms with Crippen LogP contribution in [0.3, 0.4) is 0 Å². The minimum absolute atomic E-state index is 0.230. The van der Waals surface area contributed by atoms with E-state index in [9.17, 15) is 9.59 Å². The molecule has 140 valence electrons. The molecule has 0 amide bonds. The number of para-hydroxylation sites is 1. The highest BCUT2D eigenvalue weighted by molar-refractivity contribution is 6.11. The summed E-state index contributed by atoms with van der Waals surface area (Å²) in [5.41, 5.74) is 2.38. The van der Waals surface area contributed by atoms with Gasteiger partial charge in [-0.3, -0.25) is 4.79 Å². The Labute approximate surface area is 157 Å². The lowest BCUT2D eigenvalue weighted by Gasteiger charge is -2.14. The van der Waals surface area contributed by atoms with Gasteiger partial charge in [0.05, 0.1) is 14.2 Å². The van der Waals surface area contributed by atoms with Crippen LogP contribution in [-0.4, -0.2) is 37.1 Å². The third-order valence-corrected chi connectivity index (χ3v) is 4.42. The molecule has 0 aliphatic heterocycles. The number of benzene rings is 2. The summed E-state index contributed by atoms with van der Waals surface area (Å²) in [4.78, 5) is 28.7. The number of aromatic nitrogens is 1. The van der Waals surface area contributed by atoms with Crippen LogP contribution in [0.2, 0.25) is 0 Å². The number of aromatic amines is 1. The molecule has 1 atom stereocenters. The van der Waals surface area contributed by atoms with Gasteiger partial charge in [0.15, 0.2) is 6.10 Å². The number of H-pyrrole nitrogens is 1. The number of fused-ring (bicyclic) bond motifs is 1. The van der Waals surface area contributed by atoms with Crippen molar-refractivity contribution in [1.82, 2.24) is 4.98 Å².